The maximum atomic E-state index is 6.59. The van der Waals surface area contributed by atoms with E-state index < -0.39 is 0 Å². The molecule has 39 heteroatoms. The Morgan fingerprint density at radius 1 is 0.373 bits per heavy atom. The smallest absolute Gasteiger partial charge is 0.227 e. The molecule has 696 valence electrons. The number of nitrogens with two attached hydrogens (primary N) is 2. The molecule has 4 aliphatic rings. The van der Waals surface area contributed by atoms with Gasteiger partial charge in [-0.2, -0.15) is 0 Å². The van der Waals surface area contributed by atoms with Crippen LogP contribution >= 0.6 is 157 Å². The Bertz CT molecular complexity index is 6050. The van der Waals surface area contributed by atoms with Crippen LogP contribution in [-0.2, 0) is 9.47 Å². The summed E-state index contributed by atoms with van der Waals surface area (Å²) in [6.07, 6.45) is 38.2. The minimum atomic E-state index is 0.101. The van der Waals surface area contributed by atoms with E-state index in [2.05, 4.69) is 163 Å². The zero-order valence-corrected chi connectivity index (χ0v) is 84.7. The first-order valence-corrected chi connectivity index (χ1v) is 49.6. The Morgan fingerprint density at radius 3 is 0.918 bits per heavy atom. The summed E-state index contributed by atoms with van der Waals surface area (Å²) in [6, 6.07) is 34.8. The van der Waals surface area contributed by atoms with Crippen molar-refractivity contribution in [1.29, 1.82) is 0 Å². The Morgan fingerprint density at radius 2 is 0.672 bits per heavy atom. The molecule has 4 saturated heterocycles. The fourth-order valence-corrected chi connectivity index (χ4v) is 21.1. The van der Waals surface area contributed by atoms with Gasteiger partial charge in [0.25, 0.3) is 0 Å². The van der Waals surface area contributed by atoms with E-state index in [1.54, 1.807) is 104 Å². The van der Waals surface area contributed by atoms with Crippen LogP contribution in [0.2, 0.25) is 30.1 Å². The van der Waals surface area contributed by atoms with E-state index >= 15 is 0 Å². The SMILES string of the molecule is CC(C)(C)Sc1cccc(-c2ncco2)c1Cl.CC(C)(C)Sc1cccc(-c2ncco2)c1Cl.C[C@@H]1OCC2(CCN(c3cnc(Sc4cccc(-c5ncco5)c4Cl)cn3)CC2)[C@@H]1N.C[C@@H]1OCC2(CCN(c3cnc(Sc4cccc(-c5ncco5)c4Cl)cn3)CC2)[C@@H]1N.Clc1c(Sc2cnc(Br)cn2)cccc1-c1ncco1.Sc1cccc(-c2ncco2)c1Cl.c1cocn1. The van der Waals surface area contributed by atoms with Crippen LogP contribution in [0.4, 0.5) is 11.6 Å². The Balaban J connectivity index is 0.000000131. The van der Waals surface area contributed by atoms with E-state index in [9.17, 15) is 0 Å². The van der Waals surface area contributed by atoms with Crippen LogP contribution in [0.15, 0.2) is 320 Å². The number of thiol groups is 1. The monoisotopic (exact) mass is 2100 g/mol. The first-order valence-electron chi connectivity index (χ1n) is 42.0. The molecule has 20 rings (SSSR count). The van der Waals surface area contributed by atoms with Gasteiger partial charge in [0.2, 0.25) is 35.3 Å². The first kappa shape index (κ1) is 101. The number of hydrogen-bond donors (Lipinski definition) is 3. The van der Waals surface area contributed by atoms with Crippen molar-refractivity contribution in [3.63, 3.8) is 0 Å². The van der Waals surface area contributed by atoms with E-state index in [1.165, 1.54) is 73.0 Å². The maximum Gasteiger partial charge on any atom is 0.227 e. The molecule has 6 aromatic carbocycles. The highest BCUT2D eigenvalue weighted by Gasteiger charge is 2.49. The molecule has 10 aromatic heterocycles. The number of anilines is 2. The highest BCUT2D eigenvalue weighted by atomic mass is 79.9. The van der Waals surface area contributed by atoms with Crippen LogP contribution in [0, 0.1) is 10.8 Å². The standard InChI is InChI=1S/2C22H24ClN5O2S.C13H7BrClN3OS.2C13H14ClNOS.C9H6ClNOS.C3H3NO/c2*1-14-20(24)22(13-30-14)5-8-28(9-6-22)17-11-27-18(12-26-17)31-16-4-2-3-15(19(16)23)21-25-7-10-29-21;14-10-6-18-11(7-17-10)20-9-3-1-2-8(12(9)15)13-16-4-5-19-13;2*1-13(2,3)17-10-6-4-5-9(11(10)14)12-15-7-8-16-12;10-8-6(2-1-3-7(8)13)9-11-4-5-12-9;1-2-5-3-4-1/h2*2-4,7,10-12,14,20H,5-6,8-9,13,24H2,1H3;1-7H;2*4-8H,1-3H3;1-5,13H;1-3H/t2*14-,20+;;;;;/m00...../s1. The van der Waals surface area contributed by atoms with E-state index in [1.807, 2.05) is 122 Å². The summed E-state index contributed by atoms with van der Waals surface area (Å²) in [5.74, 6) is 4.91. The number of nitrogens with zero attached hydrogens (tertiary/aromatic N) is 15. The third kappa shape index (κ3) is 26.6. The van der Waals surface area contributed by atoms with Gasteiger partial charge in [0.1, 0.15) is 75.2 Å². The van der Waals surface area contributed by atoms with Crippen molar-refractivity contribution in [1.82, 2.24) is 64.8 Å². The van der Waals surface area contributed by atoms with Crippen LogP contribution in [0.3, 0.4) is 0 Å². The molecule has 0 saturated carbocycles. The lowest BCUT2D eigenvalue weighted by molar-refractivity contribution is 0.0973. The van der Waals surface area contributed by atoms with Crippen molar-refractivity contribution in [3.8, 4) is 68.7 Å². The van der Waals surface area contributed by atoms with Gasteiger partial charge in [-0.1, -0.05) is 183 Å². The van der Waals surface area contributed by atoms with E-state index in [-0.39, 0.29) is 44.6 Å². The molecule has 0 amide bonds. The summed E-state index contributed by atoms with van der Waals surface area (Å²) in [4.78, 5) is 65.2. The minimum absolute atomic E-state index is 0.101. The van der Waals surface area contributed by atoms with Gasteiger partial charge in [-0.3, -0.25) is 0 Å². The van der Waals surface area contributed by atoms with Gasteiger partial charge < -0.3 is 61.7 Å². The molecule has 0 unspecified atom stereocenters. The zero-order chi connectivity index (χ0) is 94.5. The molecular weight excluding hydrogens is 2010 g/mol. The number of halogens is 7. The molecular formula is C95H92BrCl6N17O9S6. The Hall–Kier alpha value is -9.21. The third-order valence-electron chi connectivity index (χ3n) is 21.3. The van der Waals surface area contributed by atoms with E-state index in [4.69, 9.17) is 117 Å². The molecule has 26 nitrogen and oxygen atoms in total. The van der Waals surface area contributed by atoms with Crippen LogP contribution in [0.1, 0.15) is 81.1 Å². The minimum Gasteiger partial charge on any atom is -0.452 e. The number of piperidine rings is 2. The molecule has 4 atom stereocenters. The van der Waals surface area contributed by atoms with Crippen molar-refractivity contribution in [3.05, 3.63) is 275 Å². The largest absolute Gasteiger partial charge is 0.452 e. The average Bonchev–Trinajstić information content (AvgIpc) is 1.62. The second kappa shape index (κ2) is 47.2. The summed E-state index contributed by atoms with van der Waals surface area (Å²) in [5, 5.41) is 6.06. The predicted octanol–water partition coefficient (Wildman–Crippen LogP) is 27.0. The number of thioether (sulfide) groups is 2. The number of ether oxygens (including phenoxy) is 2. The van der Waals surface area contributed by atoms with Gasteiger partial charge in [-0.05, 0) is 128 Å². The van der Waals surface area contributed by atoms with Crippen LogP contribution in [0.25, 0.3) is 68.7 Å². The number of oxazole rings is 7. The van der Waals surface area contributed by atoms with Crippen molar-refractivity contribution >= 4 is 169 Å². The van der Waals surface area contributed by atoms with Gasteiger partial charge >= 0.3 is 0 Å². The lowest BCUT2D eigenvalue weighted by Gasteiger charge is -2.41. The van der Waals surface area contributed by atoms with Gasteiger partial charge in [0.15, 0.2) is 6.39 Å². The molecule has 4 aliphatic heterocycles. The maximum absolute atomic E-state index is 6.59. The number of rotatable bonds is 16. The molecule has 2 spiro atoms. The summed E-state index contributed by atoms with van der Waals surface area (Å²) < 4.78 is 48.8. The van der Waals surface area contributed by atoms with E-state index in [0.29, 0.717) is 70.1 Å². The number of benzene rings is 6. The quantitative estimate of drug-likeness (QED) is 0.0597. The second-order valence-electron chi connectivity index (χ2n) is 32.5. The fourth-order valence-electron chi connectivity index (χ4n) is 14.5. The van der Waals surface area contributed by atoms with Crippen molar-refractivity contribution in [2.75, 3.05) is 49.2 Å². The molecule has 0 bridgehead atoms. The first-order chi connectivity index (χ1) is 64.6. The van der Waals surface area contributed by atoms with E-state index in [0.717, 1.165) is 155 Å². The van der Waals surface area contributed by atoms with Crippen LogP contribution in [0.5, 0.6) is 0 Å². The van der Waals surface area contributed by atoms with Gasteiger partial charge in [-0.25, -0.2) is 64.8 Å². The Labute approximate surface area is 840 Å². The fraction of sp³-hybridized carbons (Fsp3) is 0.274. The second-order valence-corrected chi connectivity index (χ2v) is 43.0. The topological polar surface area (TPSA) is 337 Å². The van der Waals surface area contributed by atoms with Gasteiger partial charge in [-0.15, -0.1) is 36.2 Å². The molecule has 4 fully saturated rings. The molecule has 14 heterocycles. The highest BCUT2D eigenvalue weighted by Crippen LogP contribution is 2.48. The molecule has 0 radical (unpaired) electrons. The van der Waals surface area contributed by atoms with Gasteiger partial charge in [0, 0.05) is 88.0 Å². The lowest BCUT2D eigenvalue weighted by atomic mass is 9.73. The van der Waals surface area contributed by atoms with Crippen LogP contribution in [-0.4, -0.2) is 138 Å². The van der Waals surface area contributed by atoms with Crippen LogP contribution < -0.4 is 21.3 Å². The molecule has 134 heavy (non-hydrogen) atoms. The van der Waals surface area contributed by atoms with Crippen molar-refractivity contribution in [2.24, 2.45) is 22.3 Å². The number of aromatic nitrogens is 13. The highest BCUT2D eigenvalue weighted by molar-refractivity contribution is 9.10. The summed E-state index contributed by atoms with van der Waals surface area (Å²) in [5.41, 5.74) is 17.8. The zero-order valence-electron chi connectivity index (χ0n) is 73.6. The number of hydrogen-bond acceptors (Lipinski definition) is 32. The summed E-state index contributed by atoms with van der Waals surface area (Å²) >= 11 is 53.7. The Kier molecular flexibility index (Phi) is 35.5. The average molecular weight is 2100 g/mol. The van der Waals surface area contributed by atoms with Crippen molar-refractivity contribution in [2.45, 2.75) is 159 Å². The van der Waals surface area contributed by atoms with Gasteiger partial charge in [0.05, 0.1) is 169 Å². The lowest BCUT2D eigenvalue weighted by Crippen LogP contribution is -2.50. The summed E-state index contributed by atoms with van der Waals surface area (Å²) in [6.45, 7) is 22.3. The molecule has 4 N–H and O–H groups in total. The predicted molar refractivity (Wildman–Crippen MR) is 537 cm³/mol. The normalized spacial score (nSPS) is 16.5. The van der Waals surface area contributed by atoms with Crippen molar-refractivity contribution < 1.29 is 40.4 Å². The third-order valence-corrected chi connectivity index (χ3v) is 30.5. The molecule has 0 aliphatic carbocycles. The molecule has 16 aromatic rings. The summed E-state index contributed by atoms with van der Waals surface area (Å²) in [7, 11) is 0.